The second-order valence-electron chi connectivity index (χ2n) is 9.75. The van der Waals surface area contributed by atoms with Crippen molar-refractivity contribution in [2.75, 3.05) is 11.9 Å². The first-order chi connectivity index (χ1) is 21.5. The molecule has 0 fully saturated rings. The van der Waals surface area contributed by atoms with E-state index in [4.69, 9.17) is 0 Å². The van der Waals surface area contributed by atoms with Gasteiger partial charge in [0.25, 0.3) is 0 Å². The Morgan fingerprint density at radius 2 is 1.09 bits per heavy atom. The number of carbonyl (C=O) groups excluding carboxylic acids is 1. The summed E-state index contributed by atoms with van der Waals surface area (Å²) in [6.45, 7) is -0.485. The molecule has 4 aromatic carbocycles. The predicted molar refractivity (Wildman–Crippen MR) is 147 cm³/mol. The average Bonchev–Trinajstić information content (AvgIpc) is 2.95. The summed E-state index contributed by atoms with van der Waals surface area (Å²) in [5.41, 5.74) is -1.23. The van der Waals surface area contributed by atoms with Crippen molar-refractivity contribution >= 4 is 11.7 Å². The third kappa shape index (κ3) is 9.71. The molecule has 15 heteroatoms. The maximum atomic E-state index is 13.2. The van der Waals surface area contributed by atoms with Crippen LogP contribution in [0.5, 0.6) is 17.2 Å². The van der Waals surface area contributed by atoms with E-state index in [1.54, 1.807) is 30.3 Å². The Balaban J connectivity index is 1.80. The highest BCUT2D eigenvalue weighted by Crippen LogP contribution is 2.40. The number of alkyl halides is 9. The van der Waals surface area contributed by atoms with Gasteiger partial charge in [0.2, 0.25) is 0 Å². The summed E-state index contributed by atoms with van der Waals surface area (Å²) in [5.74, 6) is -2.02. The SMILES string of the molecule is O=C(NCC(Cc1ccccc1)(c1cccc(OC(F)(F)F)c1)c1cccc(OC(F)(F)F)c1)Nc1ccccc1OC(F)(F)F. The van der Waals surface area contributed by atoms with Crippen molar-refractivity contribution in [1.82, 2.24) is 5.32 Å². The van der Waals surface area contributed by atoms with Gasteiger partial charge in [-0.2, -0.15) is 0 Å². The Kier molecular flexibility index (Phi) is 9.92. The first-order valence-corrected chi connectivity index (χ1v) is 13.2. The molecule has 0 radical (unpaired) electrons. The van der Waals surface area contributed by atoms with E-state index >= 15 is 0 Å². The summed E-state index contributed by atoms with van der Waals surface area (Å²) in [5, 5.41) is 4.74. The number of nitrogens with one attached hydrogen (secondary N) is 2. The van der Waals surface area contributed by atoms with Gasteiger partial charge in [0.15, 0.2) is 5.75 Å². The van der Waals surface area contributed by atoms with Crippen molar-refractivity contribution in [2.45, 2.75) is 30.9 Å². The van der Waals surface area contributed by atoms with E-state index in [2.05, 4.69) is 24.8 Å². The average molecular weight is 659 g/mol. The lowest BCUT2D eigenvalue weighted by Gasteiger charge is -2.36. The van der Waals surface area contributed by atoms with Crippen molar-refractivity contribution in [3.63, 3.8) is 0 Å². The zero-order valence-electron chi connectivity index (χ0n) is 23.3. The second kappa shape index (κ2) is 13.5. The number of anilines is 1. The minimum atomic E-state index is -5.08. The summed E-state index contributed by atoms with van der Waals surface area (Å²) < 4.78 is 130. The van der Waals surface area contributed by atoms with Crippen LogP contribution in [-0.2, 0) is 11.8 Å². The summed E-state index contributed by atoms with van der Waals surface area (Å²) >= 11 is 0. The Hall–Kier alpha value is -5.08. The lowest BCUT2D eigenvalue weighted by Crippen LogP contribution is -2.45. The van der Waals surface area contributed by atoms with Gasteiger partial charge in [-0.05, 0) is 59.5 Å². The topological polar surface area (TPSA) is 68.8 Å². The van der Waals surface area contributed by atoms with Crippen molar-refractivity contribution in [1.29, 1.82) is 0 Å². The number of benzene rings is 4. The first-order valence-electron chi connectivity index (χ1n) is 13.2. The molecule has 0 heterocycles. The van der Waals surface area contributed by atoms with E-state index < -0.39 is 54.3 Å². The zero-order chi connectivity index (χ0) is 33.6. The number of hydrogen-bond acceptors (Lipinski definition) is 4. The van der Waals surface area contributed by atoms with Crippen LogP contribution in [0.4, 0.5) is 50.0 Å². The van der Waals surface area contributed by atoms with Gasteiger partial charge >= 0.3 is 25.1 Å². The van der Waals surface area contributed by atoms with Crippen LogP contribution >= 0.6 is 0 Å². The van der Waals surface area contributed by atoms with E-state index in [9.17, 15) is 44.3 Å². The second-order valence-corrected chi connectivity index (χ2v) is 9.75. The highest BCUT2D eigenvalue weighted by molar-refractivity contribution is 5.91. The Morgan fingerprint density at radius 1 is 0.587 bits per heavy atom. The van der Waals surface area contributed by atoms with E-state index in [-0.39, 0.29) is 23.2 Å². The lowest BCUT2D eigenvalue weighted by atomic mass is 9.70. The fourth-order valence-electron chi connectivity index (χ4n) is 4.74. The summed E-state index contributed by atoms with van der Waals surface area (Å²) in [4.78, 5) is 13.1. The Labute approximate surface area is 255 Å². The third-order valence-electron chi connectivity index (χ3n) is 6.50. The lowest BCUT2D eigenvalue weighted by molar-refractivity contribution is -0.275. The third-order valence-corrected chi connectivity index (χ3v) is 6.50. The monoisotopic (exact) mass is 658 g/mol. The molecular formula is C31H23F9N2O4. The van der Waals surface area contributed by atoms with Gasteiger partial charge in [-0.3, -0.25) is 0 Å². The van der Waals surface area contributed by atoms with Crippen LogP contribution in [0, 0.1) is 0 Å². The molecule has 0 atom stereocenters. The number of hydrogen-bond donors (Lipinski definition) is 2. The Bertz CT molecular complexity index is 1570. The molecule has 0 saturated carbocycles. The number of ether oxygens (including phenoxy) is 3. The van der Waals surface area contributed by atoms with Crippen LogP contribution in [0.25, 0.3) is 0 Å². The van der Waals surface area contributed by atoms with Crippen molar-refractivity contribution in [3.8, 4) is 17.2 Å². The van der Waals surface area contributed by atoms with Crippen molar-refractivity contribution in [2.24, 2.45) is 0 Å². The van der Waals surface area contributed by atoms with E-state index in [0.29, 0.717) is 5.56 Å². The molecule has 244 valence electrons. The van der Waals surface area contributed by atoms with E-state index in [1.807, 2.05) is 0 Å². The largest absolute Gasteiger partial charge is 0.573 e. The molecule has 0 aliphatic rings. The quantitative estimate of drug-likeness (QED) is 0.167. The first kappa shape index (κ1) is 33.8. The van der Waals surface area contributed by atoms with Gasteiger partial charge in [-0.15, -0.1) is 39.5 Å². The van der Waals surface area contributed by atoms with Crippen LogP contribution in [0.2, 0.25) is 0 Å². The van der Waals surface area contributed by atoms with Crippen LogP contribution in [-0.4, -0.2) is 31.7 Å². The number of carbonyl (C=O) groups is 1. The van der Waals surface area contributed by atoms with E-state index in [0.717, 1.165) is 36.4 Å². The fourth-order valence-corrected chi connectivity index (χ4v) is 4.74. The number of rotatable bonds is 10. The van der Waals surface area contributed by atoms with Gasteiger partial charge in [0, 0.05) is 12.0 Å². The maximum Gasteiger partial charge on any atom is 0.573 e. The molecule has 0 bridgehead atoms. The highest BCUT2D eigenvalue weighted by Gasteiger charge is 2.39. The van der Waals surface area contributed by atoms with Gasteiger partial charge in [-0.25, -0.2) is 4.79 Å². The zero-order valence-corrected chi connectivity index (χ0v) is 23.3. The minimum Gasteiger partial charge on any atom is -0.406 e. The molecule has 0 spiro atoms. The van der Waals surface area contributed by atoms with E-state index in [1.165, 1.54) is 36.4 Å². The normalized spacial score (nSPS) is 12.3. The molecule has 6 nitrogen and oxygen atoms in total. The molecule has 2 N–H and O–H groups in total. The van der Waals surface area contributed by atoms with Gasteiger partial charge in [0.1, 0.15) is 11.5 Å². The molecule has 0 unspecified atom stereocenters. The van der Waals surface area contributed by atoms with Crippen LogP contribution in [0.15, 0.2) is 103 Å². The number of para-hydroxylation sites is 2. The molecule has 4 rings (SSSR count). The molecule has 0 saturated heterocycles. The van der Waals surface area contributed by atoms with Crippen LogP contribution in [0.3, 0.4) is 0 Å². The molecule has 46 heavy (non-hydrogen) atoms. The number of urea groups is 1. The fraction of sp³-hybridized carbons (Fsp3) is 0.194. The van der Waals surface area contributed by atoms with Gasteiger partial charge < -0.3 is 24.8 Å². The standard InChI is InChI=1S/C31H23F9N2O4/c32-29(33,34)44-23-12-6-10-21(16-23)28(18-20-8-2-1-3-9-20,22-11-7-13-24(17-22)45-30(35,36)37)19-41-27(43)42-25-14-4-5-15-26(25)46-31(38,39)40/h1-17H,18-19H2,(H2,41,42,43). The molecule has 0 aliphatic carbocycles. The van der Waals surface area contributed by atoms with Crippen LogP contribution in [0.1, 0.15) is 16.7 Å². The Morgan fingerprint density at radius 3 is 1.61 bits per heavy atom. The summed E-state index contributed by atoms with van der Waals surface area (Å²) in [6.07, 6.45) is -15.3. The minimum absolute atomic E-state index is 0.0865. The predicted octanol–water partition coefficient (Wildman–Crippen LogP) is 8.73. The van der Waals surface area contributed by atoms with Crippen molar-refractivity contribution < 1.29 is 58.5 Å². The number of halogens is 9. The smallest absolute Gasteiger partial charge is 0.406 e. The van der Waals surface area contributed by atoms with Gasteiger partial charge in [0.05, 0.1) is 5.69 Å². The highest BCUT2D eigenvalue weighted by atomic mass is 19.4. The summed E-state index contributed by atoms with van der Waals surface area (Å²) in [6, 6.07) is 21.3. The molecular weight excluding hydrogens is 635 g/mol. The maximum absolute atomic E-state index is 13.2. The van der Waals surface area contributed by atoms with Gasteiger partial charge in [-0.1, -0.05) is 66.7 Å². The van der Waals surface area contributed by atoms with Crippen molar-refractivity contribution in [3.05, 3.63) is 120 Å². The molecule has 4 aromatic rings. The molecule has 0 aromatic heterocycles. The molecule has 2 amide bonds. The molecule has 0 aliphatic heterocycles. The van der Waals surface area contributed by atoms with Crippen LogP contribution < -0.4 is 24.8 Å². The summed E-state index contributed by atoms with van der Waals surface area (Å²) in [7, 11) is 0. The number of amides is 2.